The van der Waals surface area contributed by atoms with Gasteiger partial charge in [-0.15, -0.1) is 18.2 Å². The summed E-state index contributed by atoms with van der Waals surface area (Å²) in [5.41, 5.74) is 1.18. The standard InChI is InChI=1S/C15H23ClO3Si/c1-5-15(11-12-16,20(17-2,18-3)19-4)13-14-9-7-6-8-10-14/h5-10H,1,11-13H2,2-4H3. The van der Waals surface area contributed by atoms with Gasteiger partial charge in [-0.05, 0) is 18.4 Å². The zero-order valence-corrected chi connectivity index (χ0v) is 14.2. The molecule has 20 heavy (non-hydrogen) atoms. The average Bonchev–Trinajstić information content (AvgIpc) is 2.50. The minimum absolute atomic E-state index is 0.436. The minimum Gasteiger partial charge on any atom is -0.376 e. The van der Waals surface area contributed by atoms with E-state index in [1.54, 1.807) is 21.3 Å². The van der Waals surface area contributed by atoms with Crippen molar-refractivity contribution in [3.8, 4) is 0 Å². The van der Waals surface area contributed by atoms with Gasteiger partial charge in [-0.25, -0.2) is 0 Å². The Labute approximate surface area is 127 Å². The maximum atomic E-state index is 6.02. The summed E-state index contributed by atoms with van der Waals surface area (Å²) in [4.78, 5) is 0. The van der Waals surface area contributed by atoms with Crippen LogP contribution < -0.4 is 0 Å². The van der Waals surface area contributed by atoms with Crippen LogP contribution in [0.3, 0.4) is 0 Å². The fourth-order valence-corrected chi connectivity index (χ4v) is 5.95. The Balaban J connectivity index is 3.23. The lowest BCUT2D eigenvalue weighted by Crippen LogP contribution is -2.55. The number of halogens is 1. The van der Waals surface area contributed by atoms with Gasteiger partial charge >= 0.3 is 8.80 Å². The first kappa shape index (κ1) is 17.4. The van der Waals surface area contributed by atoms with Gasteiger partial charge in [-0.2, -0.15) is 0 Å². The smallest absolute Gasteiger partial charge is 0.376 e. The summed E-state index contributed by atoms with van der Waals surface area (Å²) in [5.74, 6) is 0.490. The molecule has 0 fully saturated rings. The molecule has 1 aromatic carbocycles. The minimum atomic E-state index is -2.90. The largest absolute Gasteiger partial charge is 0.511 e. The van der Waals surface area contributed by atoms with E-state index in [0.29, 0.717) is 12.3 Å². The Morgan fingerprint density at radius 2 is 1.70 bits per heavy atom. The highest BCUT2D eigenvalue weighted by atomic mass is 35.5. The van der Waals surface area contributed by atoms with Gasteiger partial charge in [0, 0.05) is 27.2 Å². The van der Waals surface area contributed by atoms with Crippen molar-refractivity contribution in [3.05, 3.63) is 48.6 Å². The summed E-state index contributed by atoms with van der Waals surface area (Å²) in [6.45, 7) is 3.99. The zero-order chi connectivity index (χ0) is 15.1. The van der Waals surface area contributed by atoms with Gasteiger partial charge in [-0.3, -0.25) is 0 Å². The van der Waals surface area contributed by atoms with Crippen LogP contribution in [0.1, 0.15) is 12.0 Å². The number of alkyl halides is 1. The van der Waals surface area contributed by atoms with Gasteiger partial charge in [0.25, 0.3) is 0 Å². The molecule has 112 valence electrons. The maximum absolute atomic E-state index is 6.02. The van der Waals surface area contributed by atoms with E-state index in [1.165, 1.54) is 5.56 Å². The van der Waals surface area contributed by atoms with Crippen LogP contribution >= 0.6 is 11.6 Å². The molecule has 1 atom stereocenters. The Kier molecular flexibility index (Phi) is 6.92. The van der Waals surface area contributed by atoms with E-state index in [4.69, 9.17) is 24.9 Å². The van der Waals surface area contributed by atoms with Gasteiger partial charge in [0.15, 0.2) is 0 Å². The van der Waals surface area contributed by atoms with E-state index in [0.717, 1.165) is 6.42 Å². The molecule has 0 spiro atoms. The summed E-state index contributed by atoms with van der Waals surface area (Å²) < 4.78 is 17.0. The van der Waals surface area contributed by atoms with Gasteiger partial charge < -0.3 is 13.3 Å². The van der Waals surface area contributed by atoms with Crippen LogP contribution in [0.25, 0.3) is 0 Å². The van der Waals surface area contributed by atoms with E-state index in [-0.39, 0.29) is 0 Å². The molecule has 0 saturated carbocycles. The van der Waals surface area contributed by atoms with Crippen LogP contribution in [0.4, 0.5) is 0 Å². The molecule has 1 rings (SSSR count). The number of hydrogen-bond donors (Lipinski definition) is 0. The van der Waals surface area contributed by atoms with Gasteiger partial charge in [-0.1, -0.05) is 36.4 Å². The molecule has 0 aromatic heterocycles. The third-order valence-electron chi connectivity index (χ3n) is 3.71. The zero-order valence-electron chi connectivity index (χ0n) is 12.4. The molecule has 1 aromatic rings. The van der Waals surface area contributed by atoms with E-state index in [2.05, 4.69) is 18.7 Å². The Bertz CT molecular complexity index is 401. The molecule has 0 radical (unpaired) electrons. The second kappa shape index (κ2) is 7.95. The lowest BCUT2D eigenvalue weighted by atomic mass is 9.95. The first-order chi connectivity index (χ1) is 9.63. The number of rotatable bonds is 9. The molecule has 0 saturated heterocycles. The Morgan fingerprint density at radius 3 is 2.10 bits per heavy atom. The fourth-order valence-electron chi connectivity index (χ4n) is 2.64. The summed E-state index contributed by atoms with van der Waals surface area (Å²) in [6, 6.07) is 10.2. The summed E-state index contributed by atoms with van der Waals surface area (Å²) in [6.07, 6.45) is 3.30. The molecule has 0 bridgehead atoms. The summed E-state index contributed by atoms with van der Waals surface area (Å²) in [5, 5.41) is -0.436. The maximum Gasteiger partial charge on any atom is 0.511 e. The normalized spacial score (nSPS) is 14.8. The molecule has 0 N–H and O–H groups in total. The summed E-state index contributed by atoms with van der Waals surface area (Å²) in [7, 11) is 1.96. The average molecular weight is 315 g/mol. The fraction of sp³-hybridized carbons (Fsp3) is 0.467. The van der Waals surface area contributed by atoms with Crippen LogP contribution in [0.2, 0.25) is 5.04 Å². The first-order valence-corrected chi connectivity index (χ1v) is 8.78. The van der Waals surface area contributed by atoms with Crippen LogP contribution in [0.5, 0.6) is 0 Å². The van der Waals surface area contributed by atoms with E-state index in [1.807, 2.05) is 24.3 Å². The van der Waals surface area contributed by atoms with Crippen molar-refractivity contribution in [2.75, 3.05) is 27.2 Å². The monoisotopic (exact) mass is 314 g/mol. The molecule has 0 aliphatic rings. The van der Waals surface area contributed by atoms with Crippen LogP contribution in [0, 0.1) is 0 Å². The van der Waals surface area contributed by atoms with Crippen molar-refractivity contribution in [1.82, 2.24) is 0 Å². The van der Waals surface area contributed by atoms with Gasteiger partial charge in [0.05, 0.1) is 5.04 Å². The van der Waals surface area contributed by atoms with E-state index < -0.39 is 13.8 Å². The predicted octanol–water partition coefficient (Wildman–Crippen LogP) is 3.66. The Morgan fingerprint density at radius 1 is 1.15 bits per heavy atom. The third-order valence-corrected chi connectivity index (χ3v) is 7.36. The highest BCUT2D eigenvalue weighted by Gasteiger charge is 2.57. The second-order valence-electron chi connectivity index (χ2n) is 4.63. The molecular formula is C15H23ClO3Si. The van der Waals surface area contributed by atoms with Crippen LogP contribution in [-0.2, 0) is 19.7 Å². The van der Waals surface area contributed by atoms with Crippen molar-refractivity contribution in [1.29, 1.82) is 0 Å². The Hall–Kier alpha value is -0.653. The molecule has 0 amide bonds. The summed E-state index contributed by atoms with van der Waals surface area (Å²) >= 11 is 6.02. The molecule has 0 aliphatic heterocycles. The van der Waals surface area contributed by atoms with Crippen LogP contribution in [0.15, 0.2) is 43.0 Å². The van der Waals surface area contributed by atoms with Crippen molar-refractivity contribution < 1.29 is 13.3 Å². The number of hydrogen-bond acceptors (Lipinski definition) is 3. The third kappa shape index (κ3) is 3.32. The van der Waals surface area contributed by atoms with Crippen molar-refractivity contribution >= 4 is 20.4 Å². The quantitative estimate of drug-likeness (QED) is 0.395. The second-order valence-corrected chi connectivity index (χ2v) is 8.34. The van der Waals surface area contributed by atoms with E-state index in [9.17, 15) is 0 Å². The van der Waals surface area contributed by atoms with Crippen molar-refractivity contribution in [2.24, 2.45) is 0 Å². The van der Waals surface area contributed by atoms with Gasteiger partial charge in [0.1, 0.15) is 0 Å². The first-order valence-electron chi connectivity index (χ1n) is 6.52. The van der Waals surface area contributed by atoms with Crippen molar-refractivity contribution in [3.63, 3.8) is 0 Å². The lowest BCUT2D eigenvalue weighted by Gasteiger charge is -2.41. The van der Waals surface area contributed by atoms with Crippen LogP contribution in [-0.4, -0.2) is 36.0 Å². The van der Waals surface area contributed by atoms with Gasteiger partial charge in [0.2, 0.25) is 0 Å². The highest BCUT2D eigenvalue weighted by molar-refractivity contribution is 6.65. The molecule has 0 aliphatic carbocycles. The molecule has 1 unspecified atom stereocenters. The predicted molar refractivity (Wildman–Crippen MR) is 85.2 cm³/mol. The molecule has 0 heterocycles. The molecule has 3 nitrogen and oxygen atoms in total. The molecule has 5 heteroatoms. The lowest BCUT2D eigenvalue weighted by molar-refractivity contribution is 0.0967. The number of benzene rings is 1. The highest BCUT2D eigenvalue weighted by Crippen LogP contribution is 2.47. The SMILES string of the molecule is C=CC(CCCl)(Cc1ccccc1)[Si](OC)(OC)OC. The topological polar surface area (TPSA) is 27.7 Å². The molecular weight excluding hydrogens is 292 g/mol. The van der Waals surface area contributed by atoms with Crippen molar-refractivity contribution in [2.45, 2.75) is 17.9 Å². The van der Waals surface area contributed by atoms with E-state index >= 15 is 0 Å². The number of allylic oxidation sites excluding steroid dienone is 1.